The Hall–Kier alpha value is -0.880. The predicted octanol–water partition coefficient (Wildman–Crippen LogP) is 1.61. The lowest BCUT2D eigenvalue weighted by Gasteiger charge is -2.15. The van der Waals surface area contributed by atoms with Gasteiger partial charge in [-0.3, -0.25) is 14.2 Å². The summed E-state index contributed by atoms with van der Waals surface area (Å²) in [6.07, 6.45) is 0. The van der Waals surface area contributed by atoms with E-state index in [0.717, 1.165) is 5.56 Å². The zero-order valence-corrected chi connectivity index (χ0v) is 9.42. The first-order valence-corrected chi connectivity index (χ1v) is 6.23. The van der Waals surface area contributed by atoms with Crippen molar-refractivity contribution in [2.24, 2.45) is 0 Å². The van der Waals surface area contributed by atoms with Crippen LogP contribution in [0.5, 0.6) is 0 Å². The number of rotatable bonds is 1. The molecule has 0 fully saturated rings. The summed E-state index contributed by atoms with van der Waals surface area (Å²) in [6, 6.07) is 0. The van der Waals surface area contributed by atoms with Gasteiger partial charge in [0.2, 0.25) is 11.2 Å². The van der Waals surface area contributed by atoms with Crippen LogP contribution in [0.4, 0.5) is 5.00 Å². The maximum absolute atomic E-state index is 11.5. The van der Waals surface area contributed by atoms with Gasteiger partial charge in [-0.05, 0) is 16.9 Å². The Kier molecular flexibility index (Phi) is 2.32. The summed E-state index contributed by atoms with van der Waals surface area (Å²) in [7, 11) is 0. The Morgan fingerprint density at radius 2 is 2.14 bits per heavy atom. The standard InChI is InChI=1S/C8H10N2O2S2/c1-4(2)5-3-13-8-6(5)7(11)9-14(12)10-8/h3-4,10H,1-2H3,(H,9,11)/t14-/m1/s1. The van der Waals surface area contributed by atoms with Crippen molar-refractivity contribution < 1.29 is 9.00 Å². The van der Waals surface area contributed by atoms with Gasteiger partial charge in [0.05, 0.1) is 5.56 Å². The van der Waals surface area contributed by atoms with Crippen molar-refractivity contribution in [1.82, 2.24) is 4.72 Å². The predicted molar refractivity (Wildman–Crippen MR) is 57.6 cm³/mol. The molecule has 0 unspecified atom stereocenters. The van der Waals surface area contributed by atoms with E-state index in [1.54, 1.807) is 0 Å². The Morgan fingerprint density at radius 3 is 2.79 bits per heavy atom. The molecule has 0 aromatic carbocycles. The maximum atomic E-state index is 11.5. The normalized spacial score (nSPS) is 20.2. The molecule has 1 atom stereocenters. The summed E-state index contributed by atoms with van der Waals surface area (Å²) in [5, 5.41) is 2.64. The van der Waals surface area contributed by atoms with Gasteiger partial charge in [-0.25, -0.2) is 4.21 Å². The third-order valence-corrected chi connectivity index (χ3v) is 3.84. The summed E-state index contributed by atoms with van der Waals surface area (Å²) in [5.41, 5.74) is 1.65. The van der Waals surface area contributed by atoms with E-state index in [4.69, 9.17) is 0 Å². The molecular formula is C8H10N2O2S2. The van der Waals surface area contributed by atoms with Gasteiger partial charge in [0, 0.05) is 0 Å². The first-order valence-electron chi connectivity index (χ1n) is 4.20. The number of thiophene rings is 1. The van der Waals surface area contributed by atoms with Gasteiger partial charge in [-0.15, -0.1) is 11.3 Å². The Balaban J connectivity index is 2.52. The quantitative estimate of drug-likeness (QED) is 0.770. The molecule has 1 amide bonds. The average Bonchev–Trinajstić information content (AvgIpc) is 2.47. The SMILES string of the molecule is CC(C)c1csc2c1C(=O)N[S@@](=O)N2. The summed E-state index contributed by atoms with van der Waals surface area (Å²) < 4.78 is 16.2. The lowest BCUT2D eigenvalue weighted by Crippen LogP contribution is -2.35. The van der Waals surface area contributed by atoms with Crippen molar-refractivity contribution in [2.75, 3.05) is 4.72 Å². The molecule has 76 valence electrons. The molecule has 0 bridgehead atoms. The molecule has 0 aliphatic carbocycles. The zero-order chi connectivity index (χ0) is 10.3. The van der Waals surface area contributed by atoms with E-state index < -0.39 is 11.2 Å². The van der Waals surface area contributed by atoms with Crippen LogP contribution in [0.1, 0.15) is 35.7 Å². The zero-order valence-electron chi connectivity index (χ0n) is 7.79. The summed E-state index contributed by atoms with van der Waals surface area (Å²) in [5.74, 6) is 0.0520. The second-order valence-corrected chi connectivity index (χ2v) is 5.18. The van der Waals surface area contributed by atoms with Crippen molar-refractivity contribution in [1.29, 1.82) is 0 Å². The topological polar surface area (TPSA) is 58.2 Å². The molecule has 2 N–H and O–H groups in total. The van der Waals surface area contributed by atoms with Crippen LogP contribution in [-0.2, 0) is 11.2 Å². The largest absolute Gasteiger partial charge is 0.278 e. The van der Waals surface area contributed by atoms with Crippen LogP contribution in [0.15, 0.2) is 5.38 Å². The molecule has 2 rings (SSSR count). The number of hydrogen-bond acceptors (Lipinski definition) is 3. The fourth-order valence-corrected chi connectivity index (χ4v) is 3.33. The van der Waals surface area contributed by atoms with E-state index in [9.17, 15) is 9.00 Å². The smallest absolute Gasteiger partial charge is 0.267 e. The number of carbonyl (C=O) groups excluding carboxylic acids is 1. The van der Waals surface area contributed by atoms with Gasteiger partial charge in [0.1, 0.15) is 5.00 Å². The summed E-state index contributed by atoms with van der Waals surface area (Å²) in [6.45, 7) is 4.06. The number of amides is 1. The second kappa shape index (κ2) is 3.36. The molecule has 2 heterocycles. The van der Waals surface area contributed by atoms with Gasteiger partial charge >= 0.3 is 0 Å². The average molecular weight is 230 g/mol. The minimum Gasteiger partial charge on any atom is -0.278 e. The lowest BCUT2D eigenvalue weighted by atomic mass is 10.0. The molecule has 0 saturated heterocycles. The Labute approximate surface area is 88.4 Å². The molecule has 1 aromatic heterocycles. The summed E-state index contributed by atoms with van der Waals surface area (Å²) in [4.78, 5) is 11.5. The van der Waals surface area contributed by atoms with Gasteiger partial charge in [0.25, 0.3) is 5.91 Å². The molecule has 1 aliphatic heterocycles. The van der Waals surface area contributed by atoms with Crippen LogP contribution in [-0.4, -0.2) is 10.1 Å². The molecule has 6 heteroatoms. The minimum atomic E-state index is -1.47. The molecule has 1 aliphatic rings. The van der Waals surface area contributed by atoms with E-state index in [1.165, 1.54) is 11.3 Å². The molecule has 4 nitrogen and oxygen atoms in total. The van der Waals surface area contributed by atoms with E-state index in [2.05, 4.69) is 9.44 Å². The number of nitrogens with one attached hydrogen (secondary N) is 2. The van der Waals surface area contributed by atoms with E-state index in [-0.39, 0.29) is 5.91 Å². The highest BCUT2D eigenvalue weighted by molar-refractivity contribution is 7.85. The Morgan fingerprint density at radius 1 is 1.43 bits per heavy atom. The van der Waals surface area contributed by atoms with Crippen LogP contribution in [0.25, 0.3) is 0 Å². The van der Waals surface area contributed by atoms with Crippen molar-refractivity contribution >= 4 is 33.4 Å². The minimum absolute atomic E-state index is 0.248. The van der Waals surface area contributed by atoms with Crippen LogP contribution in [0, 0.1) is 0 Å². The van der Waals surface area contributed by atoms with Gasteiger partial charge < -0.3 is 0 Å². The first kappa shape index (κ1) is 9.67. The van der Waals surface area contributed by atoms with Gasteiger partial charge in [0.15, 0.2) is 0 Å². The van der Waals surface area contributed by atoms with Crippen LogP contribution in [0.3, 0.4) is 0 Å². The van der Waals surface area contributed by atoms with Gasteiger partial charge in [-0.1, -0.05) is 13.8 Å². The van der Waals surface area contributed by atoms with Crippen LogP contribution < -0.4 is 9.44 Å². The number of anilines is 1. The fourth-order valence-electron chi connectivity index (χ4n) is 1.35. The Bertz CT molecular complexity index is 411. The third-order valence-electron chi connectivity index (χ3n) is 2.04. The second-order valence-electron chi connectivity index (χ2n) is 3.35. The first-order chi connectivity index (χ1) is 6.59. The number of fused-ring (bicyclic) bond motifs is 1. The van der Waals surface area contributed by atoms with Crippen molar-refractivity contribution in [3.8, 4) is 0 Å². The molecule has 0 spiro atoms. The van der Waals surface area contributed by atoms with Crippen molar-refractivity contribution in [3.63, 3.8) is 0 Å². The highest BCUT2D eigenvalue weighted by Gasteiger charge is 2.26. The number of hydrogen-bond donors (Lipinski definition) is 2. The van der Waals surface area contributed by atoms with Crippen LogP contribution in [0.2, 0.25) is 0 Å². The van der Waals surface area contributed by atoms with E-state index in [0.29, 0.717) is 16.5 Å². The van der Waals surface area contributed by atoms with Crippen LogP contribution >= 0.6 is 11.3 Å². The highest BCUT2D eigenvalue weighted by Crippen LogP contribution is 2.34. The van der Waals surface area contributed by atoms with Crippen molar-refractivity contribution in [3.05, 3.63) is 16.5 Å². The summed E-state index contributed by atoms with van der Waals surface area (Å²) >= 11 is -0.0479. The van der Waals surface area contributed by atoms with Crippen molar-refractivity contribution in [2.45, 2.75) is 19.8 Å². The number of carbonyl (C=O) groups is 1. The molecule has 14 heavy (non-hydrogen) atoms. The monoisotopic (exact) mass is 230 g/mol. The molecule has 0 saturated carbocycles. The molecule has 0 radical (unpaired) electrons. The lowest BCUT2D eigenvalue weighted by molar-refractivity contribution is 0.0982. The fraction of sp³-hybridized carbons (Fsp3) is 0.375. The molecular weight excluding hydrogens is 220 g/mol. The highest BCUT2D eigenvalue weighted by atomic mass is 32.2. The van der Waals surface area contributed by atoms with E-state index in [1.807, 2.05) is 19.2 Å². The van der Waals surface area contributed by atoms with E-state index >= 15 is 0 Å². The maximum Gasteiger partial charge on any atom is 0.267 e. The third kappa shape index (κ3) is 1.44. The van der Waals surface area contributed by atoms with Gasteiger partial charge in [-0.2, -0.15) is 0 Å². The molecule has 1 aromatic rings.